The highest BCUT2D eigenvalue weighted by Gasteiger charge is 2.11. The maximum atomic E-state index is 12.0. The number of pyridine rings is 1. The van der Waals surface area contributed by atoms with E-state index in [1.54, 1.807) is 0 Å². The van der Waals surface area contributed by atoms with E-state index in [1.807, 2.05) is 6.07 Å². The van der Waals surface area contributed by atoms with Crippen molar-refractivity contribution in [3.63, 3.8) is 0 Å². The average molecular weight is 334 g/mol. The molecule has 0 aliphatic carbocycles. The normalized spacial score (nSPS) is 9.80. The molecule has 2 aromatic rings. The Kier molecular flexibility index (Phi) is 3.86. The van der Waals surface area contributed by atoms with E-state index in [1.165, 1.54) is 30.5 Å². The second kappa shape index (κ2) is 5.59. The van der Waals surface area contributed by atoms with Gasteiger partial charge in [0.05, 0.1) is 27.4 Å². The molecule has 0 unspecified atom stereocenters. The van der Waals surface area contributed by atoms with Crippen LogP contribution in [0, 0.1) is 11.3 Å². The molecule has 1 heterocycles. The first-order valence-electron chi connectivity index (χ1n) is 5.44. The smallest absolute Gasteiger partial charge is 0.262 e. The van der Waals surface area contributed by atoms with Crippen LogP contribution >= 0.6 is 15.9 Å². The number of anilines is 1. The number of benzene rings is 1. The molecule has 3 N–H and O–H groups in total. The molecule has 0 fully saturated rings. The third-order valence-electron chi connectivity index (χ3n) is 2.49. The molecule has 1 amide bonds. The average Bonchev–Trinajstić information content (AvgIpc) is 2.44. The molecular formula is C13H8BrN3O3. The van der Waals surface area contributed by atoms with Crippen molar-refractivity contribution in [2.75, 3.05) is 5.32 Å². The van der Waals surface area contributed by atoms with E-state index in [2.05, 4.69) is 26.2 Å². The van der Waals surface area contributed by atoms with Gasteiger partial charge in [0.1, 0.15) is 5.75 Å². The summed E-state index contributed by atoms with van der Waals surface area (Å²) < 4.78 is 0.222. The molecule has 6 nitrogen and oxygen atoms in total. The van der Waals surface area contributed by atoms with Crippen LogP contribution in [-0.4, -0.2) is 16.0 Å². The largest absolute Gasteiger partial charge is 0.506 e. The maximum absolute atomic E-state index is 12.0. The van der Waals surface area contributed by atoms with Gasteiger partial charge < -0.3 is 15.4 Å². The van der Waals surface area contributed by atoms with E-state index in [4.69, 9.17) is 5.26 Å². The number of carbonyl (C=O) groups excluding carboxylic acids is 1. The summed E-state index contributed by atoms with van der Waals surface area (Å²) in [5.41, 5.74) is 0.284. The molecule has 20 heavy (non-hydrogen) atoms. The van der Waals surface area contributed by atoms with Gasteiger partial charge in [-0.15, -0.1) is 0 Å². The van der Waals surface area contributed by atoms with Crippen molar-refractivity contribution >= 4 is 27.5 Å². The van der Waals surface area contributed by atoms with Gasteiger partial charge in [-0.3, -0.25) is 9.59 Å². The predicted molar refractivity (Wildman–Crippen MR) is 75.5 cm³/mol. The fourth-order valence-corrected chi connectivity index (χ4v) is 1.85. The Balaban J connectivity index is 2.30. The molecule has 0 spiro atoms. The van der Waals surface area contributed by atoms with Crippen LogP contribution in [0.4, 0.5) is 5.69 Å². The number of carbonyl (C=O) groups is 1. The number of nitrogens with zero attached hydrogens (tertiary/aromatic N) is 1. The summed E-state index contributed by atoms with van der Waals surface area (Å²) in [7, 11) is 0. The van der Waals surface area contributed by atoms with Gasteiger partial charge in [0.25, 0.3) is 11.5 Å². The van der Waals surface area contributed by atoms with Gasteiger partial charge in [0.2, 0.25) is 0 Å². The van der Waals surface area contributed by atoms with E-state index in [0.29, 0.717) is 5.56 Å². The van der Waals surface area contributed by atoms with Crippen molar-refractivity contribution in [3.05, 3.63) is 56.4 Å². The SMILES string of the molecule is N#Cc1ccc(O)c(NC(=O)c2c[nH]c(=O)c(Br)c2)c1. The van der Waals surface area contributed by atoms with Crippen molar-refractivity contribution in [2.24, 2.45) is 0 Å². The van der Waals surface area contributed by atoms with E-state index in [-0.39, 0.29) is 27.0 Å². The molecular weight excluding hydrogens is 326 g/mol. The van der Waals surface area contributed by atoms with Crippen molar-refractivity contribution in [3.8, 4) is 11.8 Å². The van der Waals surface area contributed by atoms with Crippen molar-refractivity contribution in [1.29, 1.82) is 5.26 Å². The molecule has 0 radical (unpaired) electrons. The molecule has 1 aromatic carbocycles. The van der Waals surface area contributed by atoms with E-state index < -0.39 is 5.91 Å². The van der Waals surface area contributed by atoms with Crippen LogP contribution in [0.1, 0.15) is 15.9 Å². The summed E-state index contributed by atoms with van der Waals surface area (Å²) >= 11 is 3.02. The number of nitriles is 1. The molecule has 7 heteroatoms. The quantitative estimate of drug-likeness (QED) is 0.730. The highest BCUT2D eigenvalue weighted by Crippen LogP contribution is 2.24. The Morgan fingerprint density at radius 1 is 1.40 bits per heavy atom. The monoisotopic (exact) mass is 333 g/mol. The summed E-state index contributed by atoms with van der Waals surface area (Å²) in [6.07, 6.45) is 1.26. The Labute approximate surface area is 121 Å². The molecule has 0 aliphatic rings. The summed E-state index contributed by atoms with van der Waals surface area (Å²) in [6.45, 7) is 0. The lowest BCUT2D eigenvalue weighted by atomic mass is 10.2. The standard InChI is InChI=1S/C13H8BrN3O3/c14-9-4-8(6-16-13(9)20)12(19)17-10-3-7(5-15)1-2-11(10)18/h1-4,6,18H,(H,16,20)(H,17,19). The van der Waals surface area contributed by atoms with Crippen LogP contribution in [0.25, 0.3) is 0 Å². The summed E-state index contributed by atoms with van der Waals surface area (Å²) in [4.78, 5) is 25.6. The summed E-state index contributed by atoms with van der Waals surface area (Å²) in [5.74, 6) is -0.673. The summed E-state index contributed by atoms with van der Waals surface area (Å²) in [6, 6.07) is 7.37. The molecule has 0 saturated carbocycles. The molecule has 0 saturated heterocycles. The first-order valence-corrected chi connectivity index (χ1v) is 6.23. The lowest BCUT2D eigenvalue weighted by molar-refractivity contribution is 0.102. The van der Waals surface area contributed by atoms with Crippen LogP contribution in [0.2, 0.25) is 0 Å². The van der Waals surface area contributed by atoms with E-state index in [0.717, 1.165) is 0 Å². The number of H-pyrrole nitrogens is 1. The Morgan fingerprint density at radius 3 is 2.80 bits per heavy atom. The van der Waals surface area contributed by atoms with Crippen LogP contribution < -0.4 is 10.9 Å². The Hall–Kier alpha value is -2.59. The van der Waals surface area contributed by atoms with Gasteiger partial charge in [-0.25, -0.2) is 0 Å². The zero-order chi connectivity index (χ0) is 14.7. The van der Waals surface area contributed by atoms with Crippen molar-refractivity contribution in [2.45, 2.75) is 0 Å². The van der Waals surface area contributed by atoms with Gasteiger partial charge in [-0.05, 0) is 40.2 Å². The number of aromatic hydroxyl groups is 1. The number of aromatic amines is 1. The Bertz CT molecular complexity index is 777. The maximum Gasteiger partial charge on any atom is 0.262 e. The van der Waals surface area contributed by atoms with Crippen LogP contribution in [0.3, 0.4) is 0 Å². The van der Waals surface area contributed by atoms with E-state index >= 15 is 0 Å². The number of nitrogens with one attached hydrogen (secondary N) is 2. The zero-order valence-electron chi connectivity index (χ0n) is 9.98. The fourth-order valence-electron chi connectivity index (χ4n) is 1.49. The predicted octanol–water partition coefficient (Wildman–Crippen LogP) is 1.97. The lowest BCUT2D eigenvalue weighted by Gasteiger charge is -2.07. The highest BCUT2D eigenvalue weighted by molar-refractivity contribution is 9.10. The molecule has 1 aromatic heterocycles. The Morgan fingerprint density at radius 2 is 2.15 bits per heavy atom. The first kappa shape index (κ1) is 13.8. The van der Waals surface area contributed by atoms with Gasteiger partial charge in [-0.1, -0.05) is 0 Å². The molecule has 2 rings (SSSR count). The third-order valence-corrected chi connectivity index (χ3v) is 3.08. The van der Waals surface area contributed by atoms with Gasteiger partial charge in [0.15, 0.2) is 0 Å². The number of amides is 1. The topological polar surface area (TPSA) is 106 Å². The molecule has 100 valence electrons. The molecule has 0 atom stereocenters. The van der Waals surface area contributed by atoms with Gasteiger partial charge in [-0.2, -0.15) is 5.26 Å². The minimum atomic E-state index is -0.521. The van der Waals surface area contributed by atoms with Crippen molar-refractivity contribution in [1.82, 2.24) is 4.98 Å². The lowest BCUT2D eigenvalue weighted by Crippen LogP contribution is -2.15. The number of phenolic OH excluding ortho intramolecular Hbond substituents is 1. The van der Waals surface area contributed by atoms with Crippen LogP contribution in [0.5, 0.6) is 5.75 Å². The third kappa shape index (κ3) is 2.87. The van der Waals surface area contributed by atoms with Gasteiger partial charge >= 0.3 is 0 Å². The minimum absolute atomic E-state index is 0.122. The second-order valence-electron chi connectivity index (χ2n) is 3.86. The van der Waals surface area contributed by atoms with E-state index in [9.17, 15) is 14.7 Å². The second-order valence-corrected chi connectivity index (χ2v) is 4.72. The minimum Gasteiger partial charge on any atom is -0.506 e. The molecule has 0 bridgehead atoms. The first-order chi connectivity index (χ1) is 9.51. The zero-order valence-corrected chi connectivity index (χ0v) is 11.6. The number of aromatic nitrogens is 1. The van der Waals surface area contributed by atoms with Crippen LogP contribution in [0.15, 0.2) is 39.7 Å². The summed E-state index contributed by atoms with van der Waals surface area (Å²) in [5, 5.41) is 20.9. The van der Waals surface area contributed by atoms with Crippen LogP contribution in [-0.2, 0) is 0 Å². The van der Waals surface area contributed by atoms with Gasteiger partial charge in [0, 0.05) is 6.20 Å². The number of rotatable bonds is 2. The number of hydrogen-bond donors (Lipinski definition) is 3. The highest BCUT2D eigenvalue weighted by atomic mass is 79.9. The fraction of sp³-hybridized carbons (Fsp3) is 0. The number of phenols is 1. The molecule has 0 aliphatic heterocycles. The number of hydrogen-bond acceptors (Lipinski definition) is 4. The number of halogens is 1. The van der Waals surface area contributed by atoms with Crippen molar-refractivity contribution < 1.29 is 9.90 Å².